The Balaban J connectivity index is 1.31. The summed E-state index contributed by atoms with van der Waals surface area (Å²) in [5.41, 5.74) is 1.74. The van der Waals surface area contributed by atoms with Crippen molar-refractivity contribution in [3.63, 3.8) is 0 Å². The molecule has 4 rings (SSSR count). The lowest BCUT2D eigenvalue weighted by atomic mass is 9.92. The predicted octanol–water partition coefficient (Wildman–Crippen LogP) is 5.49. The van der Waals surface area contributed by atoms with Gasteiger partial charge in [0.05, 0.1) is 0 Å². The minimum atomic E-state index is -0.319. The Bertz CT molecular complexity index is 835. The molecule has 1 saturated carbocycles. The molecule has 2 aromatic rings. The molecule has 0 radical (unpaired) electrons. The van der Waals surface area contributed by atoms with Gasteiger partial charge in [-0.2, -0.15) is 0 Å². The van der Waals surface area contributed by atoms with E-state index in [0.717, 1.165) is 17.4 Å². The van der Waals surface area contributed by atoms with E-state index in [2.05, 4.69) is 41.0 Å². The van der Waals surface area contributed by atoms with Gasteiger partial charge in [0.1, 0.15) is 5.82 Å². The van der Waals surface area contributed by atoms with Gasteiger partial charge in [-0.25, -0.2) is 14.4 Å². The second kappa shape index (κ2) is 8.19. The molecule has 1 aromatic carbocycles. The van der Waals surface area contributed by atoms with E-state index in [-0.39, 0.29) is 5.82 Å². The van der Waals surface area contributed by atoms with E-state index in [1.54, 1.807) is 18.5 Å². The third-order valence-corrected chi connectivity index (χ3v) is 6.56. The molecule has 156 valence electrons. The lowest BCUT2D eigenvalue weighted by molar-refractivity contribution is 0.250. The molecule has 1 aromatic heterocycles. The van der Waals surface area contributed by atoms with Gasteiger partial charge in [0.15, 0.2) is 0 Å². The first kappa shape index (κ1) is 20.5. The van der Waals surface area contributed by atoms with Crippen LogP contribution in [0.3, 0.4) is 0 Å². The van der Waals surface area contributed by atoms with E-state index in [1.165, 1.54) is 51.0 Å². The van der Waals surface area contributed by atoms with Crippen LogP contribution in [-0.4, -0.2) is 40.5 Å². The Hall–Kier alpha value is -1.72. The molecule has 29 heavy (non-hydrogen) atoms. The van der Waals surface area contributed by atoms with Crippen molar-refractivity contribution in [2.45, 2.75) is 46.1 Å². The van der Waals surface area contributed by atoms with Gasteiger partial charge >= 0.3 is 0 Å². The molecule has 3 atom stereocenters. The van der Waals surface area contributed by atoms with E-state index < -0.39 is 0 Å². The Morgan fingerprint density at radius 2 is 1.79 bits per heavy atom. The van der Waals surface area contributed by atoms with E-state index in [4.69, 9.17) is 11.6 Å². The van der Waals surface area contributed by atoms with Gasteiger partial charge in [0.25, 0.3) is 0 Å². The first-order valence-corrected chi connectivity index (χ1v) is 10.9. The van der Waals surface area contributed by atoms with Crippen LogP contribution in [0, 0.1) is 23.1 Å². The molecule has 0 bridgehead atoms. The highest BCUT2D eigenvalue weighted by molar-refractivity contribution is 6.33. The number of nitrogens with zero attached hydrogens (tertiary/aromatic N) is 3. The van der Waals surface area contributed by atoms with Crippen molar-refractivity contribution >= 4 is 17.5 Å². The number of anilines is 1. The van der Waals surface area contributed by atoms with Crippen LogP contribution in [0.25, 0.3) is 11.1 Å². The van der Waals surface area contributed by atoms with Crippen molar-refractivity contribution in [1.82, 2.24) is 14.9 Å². The molecule has 0 spiro atoms. The van der Waals surface area contributed by atoms with E-state index >= 15 is 0 Å². The number of nitrogens with one attached hydrogen (secondary N) is 1. The van der Waals surface area contributed by atoms with Gasteiger partial charge in [0, 0.05) is 47.7 Å². The summed E-state index contributed by atoms with van der Waals surface area (Å²) in [7, 11) is 0. The Labute approximate surface area is 177 Å². The summed E-state index contributed by atoms with van der Waals surface area (Å²) in [4.78, 5) is 11.5. The van der Waals surface area contributed by atoms with Gasteiger partial charge in [-0.1, -0.05) is 32.4 Å². The molecule has 1 saturated heterocycles. The summed E-state index contributed by atoms with van der Waals surface area (Å²) in [6.07, 6.45) is 7.03. The van der Waals surface area contributed by atoms with Crippen LogP contribution in [0.2, 0.25) is 5.02 Å². The summed E-state index contributed by atoms with van der Waals surface area (Å²) in [6.45, 7) is 10.6. The molecule has 6 heteroatoms. The lowest BCUT2D eigenvalue weighted by Gasteiger charge is -2.24. The van der Waals surface area contributed by atoms with Gasteiger partial charge in [-0.3, -0.25) is 0 Å². The number of benzene rings is 1. The predicted molar refractivity (Wildman–Crippen MR) is 117 cm³/mol. The molecule has 2 heterocycles. The smallest absolute Gasteiger partial charge is 0.222 e. The molecule has 0 amide bonds. The van der Waals surface area contributed by atoms with Crippen LogP contribution < -0.4 is 5.32 Å². The molecule has 0 unspecified atom stereocenters. The lowest BCUT2D eigenvalue weighted by Crippen LogP contribution is -2.28. The normalized spacial score (nSPS) is 24.7. The molecule has 2 fully saturated rings. The van der Waals surface area contributed by atoms with Crippen LogP contribution in [0.5, 0.6) is 0 Å². The Kier molecular flexibility index (Phi) is 5.80. The van der Waals surface area contributed by atoms with Crippen molar-refractivity contribution in [3.8, 4) is 11.1 Å². The number of likely N-dealkylation sites (tertiary alicyclic amines) is 1. The number of hydrogen-bond donors (Lipinski definition) is 1. The molecular formula is C23H30ClFN4. The van der Waals surface area contributed by atoms with E-state index in [1.807, 2.05) is 0 Å². The van der Waals surface area contributed by atoms with Crippen molar-refractivity contribution in [2.75, 3.05) is 25.0 Å². The molecule has 4 nitrogen and oxygen atoms in total. The van der Waals surface area contributed by atoms with Crippen LogP contribution >= 0.6 is 11.6 Å². The average Bonchev–Trinajstić information content (AvgIpc) is 3.20. The molecular weight excluding hydrogens is 387 g/mol. The minimum absolute atomic E-state index is 0.319. The fraction of sp³-hybridized carbons (Fsp3) is 0.565. The van der Waals surface area contributed by atoms with E-state index in [9.17, 15) is 4.39 Å². The van der Waals surface area contributed by atoms with Crippen LogP contribution in [-0.2, 0) is 0 Å². The maximum Gasteiger partial charge on any atom is 0.222 e. The second-order valence-electron chi connectivity index (χ2n) is 9.82. The zero-order chi connectivity index (χ0) is 20.6. The third kappa shape index (κ3) is 5.07. The number of hydrogen-bond acceptors (Lipinski definition) is 4. The van der Waals surface area contributed by atoms with E-state index in [0.29, 0.717) is 28.0 Å². The van der Waals surface area contributed by atoms with Crippen molar-refractivity contribution in [3.05, 3.63) is 41.4 Å². The third-order valence-electron chi connectivity index (χ3n) is 6.23. The van der Waals surface area contributed by atoms with Crippen molar-refractivity contribution in [1.29, 1.82) is 0 Å². The highest BCUT2D eigenvalue weighted by atomic mass is 35.5. The monoisotopic (exact) mass is 416 g/mol. The number of halogens is 2. The van der Waals surface area contributed by atoms with Crippen molar-refractivity contribution < 1.29 is 4.39 Å². The topological polar surface area (TPSA) is 41.0 Å². The molecule has 1 aliphatic carbocycles. The van der Waals surface area contributed by atoms with Gasteiger partial charge < -0.3 is 10.2 Å². The summed E-state index contributed by atoms with van der Waals surface area (Å²) in [5, 5.41) is 3.99. The minimum Gasteiger partial charge on any atom is -0.351 e. The summed E-state index contributed by atoms with van der Waals surface area (Å²) in [6, 6.07) is 4.75. The largest absolute Gasteiger partial charge is 0.351 e. The number of rotatable bonds is 5. The highest BCUT2D eigenvalue weighted by Crippen LogP contribution is 2.39. The molecule has 1 N–H and O–H groups in total. The van der Waals surface area contributed by atoms with Crippen molar-refractivity contribution in [2.24, 2.45) is 17.3 Å². The maximum absolute atomic E-state index is 13.5. The number of fused-ring (bicyclic) bond motifs is 1. The molecule has 2 aliphatic rings. The Morgan fingerprint density at radius 1 is 1.14 bits per heavy atom. The van der Waals surface area contributed by atoms with Gasteiger partial charge in [0.2, 0.25) is 5.95 Å². The zero-order valence-corrected chi connectivity index (χ0v) is 18.2. The number of aromatic nitrogens is 2. The fourth-order valence-corrected chi connectivity index (χ4v) is 4.86. The van der Waals surface area contributed by atoms with Crippen LogP contribution in [0.1, 0.15) is 40.0 Å². The summed E-state index contributed by atoms with van der Waals surface area (Å²) < 4.78 is 13.5. The summed E-state index contributed by atoms with van der Waals surface area (Å²) >= 11 is 6.18. The van der Waals surface area contributed by atoms with Gasteiger partial charge in [-0.15, -0.1) is 0 Å². The first-order valence-electron chi connectivity index (χ1n) is 10.5. The van der Waals surface area contributed by atoms with Crippen LogP contribution in [0.15, 0.2) is 30.6 Å². The maximum atomic E-state index is 13.5. The fourth-order valence-electron chi connectivity index (χ4n) is 4.63. The SMILES string of the molecule is CC(C)(C)CCN1C[C@H]2C[C@H](Nc3ncc(-c4cc(F)ccc4Cl)cn3)C[C@H]2C1. The molecule has 1 aliphatic heterocycles. The highest BCUT2D eigenvalue weighted by Gasteiger charge is 2.40. The average molecular weight is 417 g/mol. The quantitative estimate of drug-likeness (QED) is 0.699. The zero-order valence-electron chi connectivity index (χ0n) is 17.5. The van der Waals surface area contributed by atoms with Crippen LogP contribution in [0.4, 0.5) is 10.3 Å². The second-order valence-corrected chi connectivity index (χ2v) is 10.2. The summed E-state index contributed by atoms with van der Waals surface area (Å²) in [5.74, 6) is 1.87. The Morgan fingerprint density at radius 3 is 2.41 bits per heavy atom. The van der Waals surface area contributed by atoms with Gasteiger partial charge in [-0.05, 0) is 61.3 Å². The first-order chi connectivity index (χ1) is 13.8. The standard InChI is InChI=1S/C23H30ClFN4/c1-23(2,3)6-7-29-13-15-8-19(9-16(15)14-29)28-22-26-11-17(12-27-22)20-10-18(25)4-5-21(20)24/h4-5,10-12,15-16,19H,6-9,13-14H2,1-3H3,(H,26,27,28)/t15-,16+,19+.